The molecule has 96 valence electrons. The largest absolute Gasteiger partial charge is 0.469 e. The van der Waals surface area contributed by atoms with Gasteiger partial charge < -0.3 is 10.2 Å². The zero-order valence-electron chi connectivity index (χ0n) is 9.71. The highest BCUT2D eigenvalue weighted by Crippen LogP contribution is 2.06. The van der Waals surface area contributed by atoms with E-state index in [2.05, 4.69) is 16.9 Å². The molecule has 2 unspecified atom stereocenters. The summed E-state index contributed by atoms with van der Waals surface area (Å²) < 4.78 is 31.3. The van der Waals surface area contributed by atoms with Crippen LogP contribution in [0.1, 0.15) is 19.6 Å². The Morgan fingerprint density at radius 1 is 1.59 bits per heavy atom. The van der Waals surface area contributed by atoms with Crippen LogP contribution in [0.2, 0.25) is 0 Å². The van der Waals surface area contributed by atoms with E-state index in [0.717, 1.165) is 5.76 Å². The van der Waals surface area contributed by atoms with Crippen LogP contribution in [0.15, 0.2) is 22.8 Å². The third kappa shape index (κ3) is 4.10. The number of rotatable bonds is 6. The minimum Gasteiger partial charge on any atom is -0.469 e. The van der Waals surface area contributed by atoms with Gasteiger partial charge in [-0.15, -0.1) is 0 Å². The molecule has 0 saturated heterocycles. The van der Waals surface area contributed by atoms with Gasteiger partial charge in [0, 0.05) is 12.5 Å². The normalized spacial score (nSPS) is 15.4. The number of hydrogen-bond donors (Lipinski definition) is 2. The summed E-state index contributed by atoms with van der Waals surface area (Å²) in [7, 11) is -3.52. The molecule has 1 aromatic heterocycles. The Kier molecular flexibility index (Phi) is 4.67. The first kappa shape index (κ1) is 14.1. The Morgan fingerprint density at radius 3 is 2.71 bits per heavy atom. The zero-order valence-corrected chi connectivity index (χ0v) is 11.3. The maximum Gasteiger partial charge on any atom is 0.220 e. The minimum absolute atomic E-state index is 0.0392. The van der Waals surface area contributed by atoms with E-state index in [9.17, 15) is 8.42 Å². The van der Waals surface area contributed by atoms with Crippen molar-refractivity contribution in [2.75, 3.05) is 0 Å². The summed E-state index contributed by atoms with van der Waals surface area (Å²) >= 11 is 4.68. The number of thiocarbonyl (C=S) groups is 1. The van der Waals surface area contributed by atoms with Crippen LogP contribution in [0, 0.1) is 0 Å². The molecule has 0 bridgehead atoms. The average molecular weight is 276 g/mol. The summed E-state index contributed by atoms with van der Waals surface area (Å²) in [6.07, 6.45) is 2.03. The van der Waals surface area contributed by atoms with Gasteiger partial charge in [0.2, 0.25) is 10.0 Å². The Labute approximate surface area is 106 Å². The summed E-state index contributed by atoms with van der Waals surface area (Å²) in [6, 6.07) is 3.28. The van der Waals surface area contributed by atoms with Gasteiger partial charge in [0.25, 0.3) is 0 Å². The standard InChI is InChI=1S/C10H16N2O3S2/c1-7(6-9-4-3-5-15-9)12-17(13,14)8(2)10(11)16/h3-5,7-8,12H,6H2,1-2H3,(H2,11,16). The molecule has 2 atom stereocenters. The summed E-state index contributed by atoms with van der Waals surface area (Å²) in [6.45, 7) is 3.22. The van der Waals surface area contributed by atoms with Gasteiger partial charge in [-0.1, -0.05) is 12.2 Å². The van der Waals surface area contributed by atoms with Crippen molar-refractivity contribution >= 4 is 27.2 Å². The van der Waals surface area contributed by atoms with Gasteiger partial charge in [0.1, 0.15) is 11.0 Å². The smallest absolute Gasteiger partial charge is 0.220 e. The summed E-state index contributed by atoms with van der Waals surface area (Å²) in [5, 5.41) is -0.878. The van der Waals surface area contributed by atoms with E-state index in [-0.39, 0.29) is 11.0 Å². The molecule has 0 aliphatic rings. The van der Waals surface area contributed by atoms with Gasteiger partial charge in [-0.25, -0.2) is 13.1 Å². The summed E-state index contributed by atoms with van der Waals surface area (Å²) in [4.78, 5) is -0.0392. The molecule has 0 fully saturated rings. The third-order valence-corrected chi connectivity index (χ3v) is 4.74. The van der Waals surface area contributed by atoms with Gasteiger partial charge in [0.15, 0.2) is 0 Å². The maximum atomic E-state index is 11.8. The minimum atomic E-state index is -3.52. The monoisotopic (exact) mass is 276 g/mol. The molecule has 0 aromatic carbocycles. The first-order valence-corrected chi connectivity index (χ1v) is 7.11. The van der Waals surface area contributed by atoms with Crippen LogP contribution >= 0.6 is 12.2 Å². The molecular formula is C10H16N2O3S2. The highest BCUT2D eigenvalue weighted by Gasteiger charge is 2.25. The highest BCUT2D eigenvalue weighted by molar-refractivity contribution is 7.93. The summed E-state index contributed by atoms with van der Waals surface area (Å²) in [5.74, 6) is 0.725. The first-order valence-electron chi connectivity index (χ1n) is 5.15. The van der Waals surface area contributed by atoms with Crippen molar-refractivity contribution in [3.8, 4) is 0 Å². The van der Waals surface area contributed by atoms with Crippen LogP contribution in [0.5, 0.6) is 0 Å². The van der Waals surface area contributed by atoms with E-state index in [1.54, 1.807) is 25.3 Å². The fourth-order valence-electron chi connectivity index (χ4n) is 1.31. The van der Waals surface area contributed by atoms with Gasteiger partial charge >= 0.3 is 0 Å². The molecule has 5 nitrogen and oxygen atoms in total. The van der Waals surface area contributed by atoms with E-state index < -0.39 is 15.3 Å². The van der Waals surface area contributed by atoms with Crippen molar-refractivity contribution < 1.29 is 12.8 Å². The lowest BCUT2D eigenvalue weighted by molar-refractivity contribution is 0.478. The summed E-state index contributed by atoms with van der Waals surface area (Å²) in [5.41, 5.74) is 5.33. The Morgan fingerprint density at radius 2 is 2.24 bits per heavy atom. The SMILES string of the molecule is CC(Cc1ccco1)NS(=O)(=O)C(C)C(N)=S. The quantitative estimate of drug-likeness (QED) is 0.751. The van der Waals surface area contributed by atoms with Crippen LogP contribution in [0.4, 0.5) is 0 Å². The van der Waals surface area contributed by atoms with Gasteiger partial charge in [-0.05, 0) is 26.0 Å². The van der Waals surface area contributed by atoms with E-state index in [4.69, 9.17) is 10.2 Å². The van der Waals surface area contributed by atoms with Crippen LogP contribution in [-0.4, -0.2) is 24.7 Å². The van der Waals surface area contributed by atoms with Crippen molar-refractivity contribution in [1.82, 2.24) is 4.72 Å². The van der Waals surface area contributed by atoms with Gasteiger partial charge in [-0.2, -0.15) is 0 Å². The molecule has 7 heteroatoms. The number of hydrogen-bond acceptors (Lipinski definition) is 4. The highest BCUT2D eigenvalue weighted by atomic mass is 32.2. The zero-order chi connectivity index (χ0) is 13.1. The number of nitrogens with two attached hydrogens (primary N) is 1. The molecule has 0 amide bonds. The van der Waals surface area contributed by atoms with E-state index in [1.165, 1.54) is 6.92 Å². The van der Waals surface area contributed by atoms with Gasteiger partial charge in [-0.3, -0.25) is 0 Å². The van der Waals surface area contributed by atoms with E-state index in [0.29, 0.717) is 6.42 Å². The van der Waals surface area contributed by atoms with Gasteiger partial charge in [0.05, 0.1) is 11.3 Å². The Hall–Kier alpha value is -0.920. The lowest BCUT2D eigenvalue weighted by atomic mass is 10.2. The molecule has 0 aliphatic carbocycles. The van der Waals surface area contributed by atoms with E-state index in [1.807, 2.05) is 0 Å². The van der Waals surface area contributed by atoms with E-state index >= 15 is 0 Å². The second-order valence-corrected chi connectivity index (χ2v) is 6.40. The lowest BCUT2D eigenvalue weighted by Gasteiger charge is -2.16. The van der Waals surface area contributed by atoms with Crippen LogP contribution in [-0.2, 0) is 16.4 Å². The average Bonchev–Trinajstić information content (AvgIpc) is 2.67. The Balaban J connectivity index is 2.62. The fourth-order valence-corrected chi connectivity index (χ4v) is 2.84. The van der Waals surface area contributed by atoms with Crippen molar-refractivity contribution in [3.05, 3.63) is 24.2 Å². The predicted octanol–water partition coefficient (Wildman–Crippen LogP) is 0.805. The number of sulfonamides is 1. The molecule has 1 aromatic rings. The van der Waals surface area contributed by atoms with Crippen molar-refractivity contribution in [2.45, 2.75) is 31.6 Å². The second kappa shape index (κ2) is 5.61. The fraction of sp³-hybridized carbons (Fsp3) is 0.500. The number of nitrogens with one attached hydrogen (secondary N) is 1. The molecule has 17 heavy (non-hydrogen) atoms. The van der Waals surface area contributed by atoms with Crippen molar-refractivity contribution in [2.24, 2.45) is 5.73 Å². The molecule has 0 spiro atoms. The molecule has 0 saturated carbocycles. The molecule has 1 rings (SSSR count). The molecule has 0 radical (unpaired) electrons. The molecule has 3 N–H and O–H groups in total. The van der Waals surface area contributed by atoms with Crippen LogP contribution in [0.25, 0.3) is 0 Å². The third-order valence-electron chi connectivity index (χ3n) is 2.32. The second-order valence-electron chi connectivity index (χ2n) is 3.89. The van der Waals surface area contributed by atoms with Crippen LogP contribution in [0.3, 0.4) is 0 Å². The van der Waals surface area contributed by atoms with Crippen LogP contribution < -0.4 is 10.5 Å². The predicted molar refractivity (Wildman–Crippen MR) is 70.2 cm³/mol. The molecular weight excluding hydrogens is 260 g/mol. The lowest BCUT2D eigenvalue weighted by Crippen LogP contribution is -2.44. The topological polar surface area (TPSA) is 85.3 Å². The molecule has 1 heterocycles. The maximum absolute atomic E-state index is 11.8. The molecule has 0 aliphatic heterocycles. The number of furan rings is 1. The van der Waals surface area contributed by atoms with Crippen molar-refractivity contribution in [1.29, 1.82) is 0 Å². The Bertz CT molecular complexity index is 468. The van der Waals surface area contributed by atoms with Crippen molar-refractivity contribution in [3.63, 3.8) is 0 Å². The first-order chi connectivity index (χ1) is 7.83.